The highest BCUT2D eigenvalue weighted by Gasteiger charge is 2.14. The maximum atomic E-state index is 6.27. The fraction of sp³-hybridized carbons (Fsp3) is 0.185. The minimum atomic E-state index is 0.108. The lowest BCUT2D eigenvalue weighted by molar-refractivity contribution is -0.326. The molecule has 5 nitrogen and oxygen atoms in total. The third kappa shape index (κ3) is 3.89. The normalized spacial score (nSPS) is 12.6. The molecule has 0 spiro atoms. The molecule has 0 unspecified atom stereocenters. The van der Waals surface area contributed by atoms with Gasteiger partial charge in [0.25, 0.3) is 0 Å². The summed E-state index contributed by atoms with van der Waals surface area (Å²) in [6.45, 7) is 8.72. The minimum Gasteiger partial charge on any atom is -0.456 e. The summed E-state index contributed by atoms with van der Waals surface area (Å²) in [4.78, 5) is 6.62. The van der Waals surface area contributed by atoms with Gasteiger partial charge in [-0.25, -0.2) is 9.97 Å². The lowest BCUT2D eigenvalue weighted by atomic mass is 9.86. The first kappa shape index (κ1) is 20.1. The highest BCUT2D eigenvalue weighted by atomic mass is 16.3. The van der Waals surface area contributed by atoms with Gasteiger partial charge in [0.1, 0.15) is 27.7 Å². The molecule has 5 heteroatoms. The minimum absolute atomic E-state index is 0.108. The number of rotatable bonds is 3. The van der Waals surface area contributed by atoms with Crippen LogP contribution < -0.4 is 15.8 Å². The molecule has 5 aromatic rings. The first-order valence-corrected chi connectivity index (χ1v) is 10.8. The summed E-state index contributed by atoms with van der Waals surface area (Å²) in [5, 5.41) is 6.49. The van der Waals surface area contributed by atoms with Crippen LogP contribution in [0.15, 0.2) is 82.3 Å². The molecule has 0 aliphatic rings. The van der Waals surface area contributed by atoms with E-state index >= 15 is 0 Å². The number of benzene rings is 3. The van der Waals surface area contributed by atoms with Crippen LogP contribution in [0.3, 0.4) is 0 Å². The number of hydrogen-bond acceptors (Lipinski definition) is 3. The van der Waals surface area contributed by atoms with E-state index < -0.39 is 0 Å². The molecule has 5 rings (SSSR count). The Kier molecular flexibility index (Phi) is 4.82. The number of anilines is 1. The van der Waals surface area contributed by atoms with E-state index in [1.54, 1.807) is 0 Å². The molecule has 3 aromatic carbocycles. The van der Waals surface area contributed by atoms with E-state index in [9.17, 15) is 0 Å². The number of aromatic amines is 2. The van der Waals surface area contributed by atoms with Crippen molar-refractivity contribution in [1.29, 1.82) is 0 Å². The van der Waals surface area contributed by atoms with Crippen LogP contribution in [0.1, 0.15) is 31.9 Å². The van der Waals surface area contributed by atoms with Crippen molar-refractivity contribution in [1.82, 2.24) is 4.98 Å². The molecular formula is C27H27N4O+. The van der Waals surface area contributed by atoms with E-state index in [0.29, 0.717) is 0 Å². The molecule has 0 atom stereocenters. The summed E-state index contributed by atoms with van der Waals surface area (Å²) in [6.07, 6.45) is 0. The van der Waals surface area contributed by atoms with Crippen molar-refractivity contribution >= 4 is 28.0 Å². The number of nitrogens with zero attached hydrogens (tertiary/aromatic N) is 1. The predicted molar refractivity (Wildman–Crippen MR) is 129 cm³/mol. The standard InChI is InChI=1S/C27H26N4O/c1-17-9-14-24-20(15-17)23(30-31-26-28-21-7-5-6-8-22(21)29-26)16-25(32-24)18-10-12-19(13-11-18)27(2,3)4/h5-16H,1-4H3,(H2,28,29,31)/p+1. The van der Waals surface area contributed by atoms with Crippen molar-refractivity contribution < 1.29 is 9.40 Å². The van der Waals surface area contributed by atoms with Gasteiger partial charge in [0, 0.05) is 17.0 Å². The second-order valence-corrected chi connectivity index (χ2v) is 9.22. The monoisotopic (exact) mass is 423 g/mol. The fourth-order valence-electron chi connectivity index (χ4n) is 3.83. The molecule has 32 heavy (non-hydrogen) atoms. The van der Waals surface area contributed by atoms with E-state index in [-0.39, 0.29) is 5.41 Å². The molecule has 160 valence electrons. The van der Waals surface area contributed by atoms with Gasteiger partial charge in [0.2, 0.25) is 0 Å². The Bertz CT molecular complexity index is 1450. The van der Waals surface area contributed by atoms with Crippen LogP contribution >= 0.6 is 0 Å². The van der Waals surface area contributed by atoms with Gasteiger partial charge < -0.3 is 4.42 Å². The molecule has 0 saturated carbocycles. The van der Waals surface area contributed by atoms with Gasteiger partial charge in [-0.3, -0.25) is 0 Å². The summed E-state index contributed by atoms with van der Waals surface area (Å²) in [5.41, 5.74) is 9.56. The topological polar surface area (TPSA) is 67.5 Å². The smallest absolute Gasteiger partial charge is 0.377 e. The van der Waals surface area contributed by atoms with E-state index in [0.717, 1.165) is 50.2 Å². The first-order chi connectivity index (χ1) is 15.4. The second-order valence-electron chi connectivity index (χ2n) is 9.22. The molecule has 0 amide bonds. The third-order valence-corrected chi connectivity index (χ3v) is 5.67. The molecule has 2 heterocycles. The van der Waals surface area contributed by atoms with Crippen LogP contribution in [0.25, 0.3) is 33.3 Å². The number of aromatic nitrogens is 2. The molecule has 0 aliphatic heterocycles. The Hall–Kier alpha value is -3.86. The zero-order chi connectivity index (χ0) is 22.3. The maximum Gasteiger partial charge on any atom is 0.377 e. The SMILES string of the molecule is Cc1ccc2oc(-c3ccc(C(C)(C)C)cc3)cc(=NNc3[nH]c4ccccc4[nH+]3)c2c1. The zero-order valence-electron chi connectivity index (χ0n) is 18.8. The van der Waals surface area contributed by atoms with Crippen molar-refractivity contribution in [2.24, 2.45) is 5.10 Å². The van der Waals surface area contributed by atoms with Crippen LogP contribution in [-0.4, -0.2) is 4.98 Å². The Balaban J connectivity index is 1.60. The van der Waals surface area contributed by atoms with Crippen molar-refractivity contribution in [3.63, 3.8) is 0 Å². The Labute approximate surface area is 186 Å². The van der Waals surface area contributed by atoms with Crippen molar-refractivity contribution in [3.8, 4) is 11.3 Å². The van der Waals surface area contributed by atoms with Crippen molar-refractivity contribution in [2.45, 2.75) is 33.1 Å². The van der Waals surface area contributed by atoms with Crippen molar-refractivity contribution in [3.05, 3.63) is 89.3 Å². The molecule has 0 saturated heterocycles. The summed E-state index contributed by atoms with van der Waals surface area (Å²) >= 11 is 0. The van der Waals surface area contributed by atoms with Crippen LogP contribution in [0, 0.1) is 6.92 Å². The van der Waals surface area contributed by atoms with E-state index in [1.807, 2.05) is 36.4 Å². The van der Waals surface area contributed by atoms with Crippen LogP contribution in [0.5, 0.6) is 0 Å². The zero-order valence-corrected chi connectivity index (χ0v) is 18.8. The summed E-state index contributed by atoms with van der Waals surface area (Å²) < 4.78 is 6.27. The third-order valence-electron chi connectivity index (χ3n) is 5.67. The lowest BCUT2D eigenvalue weighted by Gasteiger charge is -2.19. The molecule has 0 radical (unpaired) electrons. The van der Waals surface area contributed by atoms with Gasteiger partial charge in [-0.2, -0.15) is 5.43 Å². The lowest BCUT2D eigenvalue weighted by Crippen LogP contribution is -2.12. The van der Waals surface area contributed by atoms with E-state index in [4.69, 9.17) is 9.52 Å². The number of para-hydroxylation sites is 2. The Morgan fingerprint density at radius 3 is 2.47 bits per heavy atom. The molecule has 0 fully saturated rings. The molecule has 0 bridgehead atoms. The average molecular weight is 424 g/mol. The van der Waals surface area contributed by atoms with Crippen LogP contribution in [0.2, 0.25) is 0 Å². The van der Waals surface area contributed by atoms with Gasteiger partial charge in [-0.1, -0.05) is 68.8 Å². The quantitative estimate of drug-likeness (QED) is 0.353. The van der Waals surface area contributed by atoms with E-state index in [2.05, 4.69) is 79.5 Å². The average Bonchev–Trinajstić information content (AvgIpc) is 3.20. The van der Waals surface area contributed by atoms with Gasteiger partial charge in [-0.15, -0.1) is 5.10 Å². The van der Waals surface area contributed by atoms with Gasteiger partial charge >= 0.3 is 5.95 Å². The number of aryl methyl sites for hydroxylation is 1. The van der Waals surface area contributed by atoms with Gasteiger partial charge in [0.15, 0.2) is 0 Å². The number of hydrogen-bond donors (Lipinski definition) is 2. The van der Waals surface area contributed by atoms with Gasteiger partial charge in [0.05, 0.1) is 0 Å². The van der Waals surface area contributed by atoms with Crippen LogP contribution in [0.4, 0.5) is 5.95 Å². The highest BCUT2D eigenvalue weighted by Crippen LogP contribution is 2.27. The molecule has 0 aliphatic carbocycles. The number of imidazole rings is 1. The Morgan fingerprint density at radius 2 is 1.72 bits per heavy atom. The van der Waals surface area contributed by atoms with Gasteiger partial charge in [-0.05, 0) is 42.2 Å². The largest absolute Gasteiger partial charge is 0.456 e. The fourth-order valence-corrected chi connectivity index (χ4v) is 3.83. The molecule has 3 N–H and O–H groups in total. The number of H-pyrrole nitrogens is 2. The molecular weight excluding hydrogens is 396 g/mol. The van der Waals surface area contributed by atoms with Crippen LogP contribution in [-0.2, 0) is 5.41 Å². The number of fused-ring (bicyclic) bond motifs is 2. The summed E-state index contributed by atoms with van der Waals surface area (Å²) in [5.74, 6) is 1.51. The highest BCUT2D eigenvalue weighted by molar-refractivity contribution is 5.79. The first-order valence-electron chi connectivity index (χ1n) is 10.8. The Morgan fingerprint density at radius 1 is 0.938 bits per heavy atom. The molecule has 2 aromatic heterocycles. The predicted octanol–water partition coefficient (Wildman–Crippen LogP) is 5.93. The second kappa shape index (κ2) is 7.68. The van der Waals surface area contributed by atoms with Crippen molar-refractivity contribution in [2.75, 3.05) is 5.43 Å². The number of nitrogens with one attached hydrogen (secondary N) is 3. The summed E-state index contributed by atoms with van der Waals surface area (Å²) in [7, 11) is 0. The summed E-state index contributed by atoms with van der Waals surface area (Å²) in [6, 6.07) is 24.8. The van der Waals surface area contributed by atoms with E-state index in [1.165, 1.54) is 5.56 Å². The maximum absolute atomic E-state index is 6.27.